The summed E-state index contributed by atoms with van der Waals surface area (Å²) in [6.45, 7) is 6.27. The first-order valence-electron chi connectivity index (χ1n) is 18.9. The molecule has 20 nitrogen and oxygen atoms in total. The lowest BCUT2D eigenvalue weighted by molar-refractivity contribution is -0.663. The van der Waals surface area contributed by atoms with Crippen LogP contribution >= 0.6 is 34.7 Å². The smallest absolute Gasteiger partial charge is 0.413 e. The molecule has 63 heavy (non-hydrogen) atoms. The Hall–Kier alpha value is -6.17. The van der Waals surface area contributed by atoms with Gasteiger partial charge in [0.25, 0.3) is 17.7 Å². The van der Waals surface area contributed by atoms with E-state index in [9.17, 15) is 28.8 Å². The molecule has 2 aliphatic rings. The minimum Gasteiger partial charge on any atom is -0.541 e. The minimum atomic E-state index is -1.39. The summed E-state index contributed by atoms with van der Waals surface area (Å²) >= 11 is 8.56. The molecule has 330 valence electrons. The van der Waals surface area contributed by atoms with Gasteiger partial charge in [-0.25, -0.2) is 24.8 Å². The number of hydroxylamine groups is 1. The number of hydrogen-bond acceptors (Lipinski definition) is 16. The number of methoxy groups -OCH3 is 1. The molecule has 0 saturated carbocycles. The van der Waals surface area contributed by atoms with Crippen molar-refractivity contribution in [1.82, 2.24) is 25.2 Å². The van der Waals surface area contributed by atoms with Crippen molar-refractivity contribution in [3.8, 4) is 5.75 Å². The topological polar surface area (TPSA) is 231 Å². The Labute approximate surface area is 374 Å². The molecule has 4 aromatic rings. The Morgan fingerprint density at radius 3 is 2.54 bits per heavy atom. The number of hydrogen-bond donors (Lipinski definition) is 3. The summed E-state index contributed by atoms with van der Waals surface area (Å²) in [5.74, 6) is -2.96. The third-order valence-corrected chi connectivity index (χ3v) is 11.7. The normalized spacial score (nSPS) is 16.7. The number of esters is 1. The van der Waals surface area contributed by atoms with Crippen molar-refractivity contribution in [3.63, 3.8) is 0 Å². The van der Waals surface area contributed by atoms with E-state index in [4.69, 9.17) is 43.5 Å². The fraction of sp³-hybridized carbons (Fsp3) is 0.359. The van der Waals surface area contributed by atoms with Crippen LogP contribution in [-0.2, 0) is 67.5 Å². The lowest BCUT2D eigenvalue weighted by atomic mass is 10.0. The number of ether oxygens (including phenoxy) is 3. The Morgan fingerprint density at radius 1 is 1.11 bits per heavy atom. The van der Waals surface area contributed by atoms with Crippen molar-refractivity contribution in [2.75, 3.05) is 25.3 Å². The maximum absolute atomic E-state index is 14.2. The van der Waals surface area contributed by atoms with Gasteiger partial charge in [0.1, 0.15) is 57.2 Å². The Balaban J connectivity index is 1.28. The number of aromatic nitrogens is 3. The molecule has 4 amide bonds. The molecule has 0 aliphatic carbocycles. The highest BCUT2D eigenvalue weighted by atomic mass is 35.5. The summed E-state index contributed by atoms with van der Waals surface area (Å²) in [6.07, 6.45) is 1.31. The second kappa shape index (κ2) is 19.9. The molecule has 0 bridgehead atoms. The predicted molar refractivity (Wildman–Crippen MR) is 228 cm³/mol. The van der Waals surface area contributed by atoms with Crippen LogP contribution in [0, 0.1) is 0 Å². The van der Waals surface area contributed by atoms with Gasteiger partial charge < -0.3 is 33.6 Å². The average Bonchev–Trinajstić information content (AvgIpc) is 3.82. The number of fused-ring (bicyclic) bond motifs is 2. The molecule has 2 aliphatic heterocycles. The summed E-state index contributed by atoms with van der Waals surface area (Å²) in [6, 6.07) is 11.2. The summed E-state index contributed by atoms with van der Waals surface area (Å²) in [5.41, 5.74) is 3.31. The largest absolute Gasteiger partial charge is 0.541 e. The van der Waals surface area contributed by atoms with Gasteiger partial charge in [-0.2, -0.15) is 4.57 Å². The van der Waals surface area contributed by atoms with E-state index in [0.29, 0.717) is 16.9 Å². The Bertz CT molecular complexity index is 2490. The number of anilines is 1. The first kappa shape index (κ1) is 46.3. The number of thiazole rings is 1. The van der Waals surface area contributed by atoms with Gasteiger partial charge in [0.05, 0.1) is 14.2 Å². The fourth-order valence-electron chi connectivity index (χ4n) is 6.29. The van der Waals surface area contributed by atoms with E-state index in [0.717, 1.165) is 22.4 Å². The lowest BCUT2D eigenvalue weighted by Gasteiger charge is -2.49. The number of benzene rings is 1. The number of pyridine rings is 1. The minimum absolute atomic E-state index is 0.00193. The van der Waals surface area contributed by atoms with Gasteiger partial charge in [-0.15, -0.1) is 11.8 Å². The molecule has 1 saturated heterocycles. The molecule has 3 aromatic heterocycles. The first-order chi connectivity index (χ1) is 30.0. The molecule has 3 N–H and O–H groups in total. The standard InChI is InChI=1S/C39H40BClN8O12S2/c1-20(35(53)60-40)61-46-28(27-31(41)63-37(43-27)44-38(55)59-39(2,3)4)32(51)42-29-33(52)49-30(36(54)58-18-21-9-11-23(56-5)12-10-21)22(19-62-34(29)49)16-47-14-7-8-24-25(47)13-15-48(24)17-26(50)45-57-6/h7-15,20,29,34H,16-19H2,1-6H3,(H2-,42,43,44,45,50,51,55)/p+1/t20-,29?,34?/m0/s1. The van der Waals surface area contributed by atoms with Crippen LogP contribution in [0.25, 0.3) is 11.0 Å². The number of oxime groups is 1. The number of nitrogens with one attached hydrogen (secondary N) is 3. The Morgan fingerprint density at radius 2 is 1.86 bits per heavy atom. The van der Waals surface area contributed by atoms with Crippen molar-refractivity contribution in [1.29, 1.82) is 0 Å². The number of halogens is 1. The lowest BCUT2D eigenvalue weighted by Crippen LogP contribution is -2.71. The van der Waals surface area contributed by atoms with E-state index in [1.54, 1.807) is 61.9 Å². The van der Waals surface area contributed by atoms with Crippen molar-refractivity contribution < 1.29 is 61.9 Å². The molecule has 2 radical (unpaired) electrons. The summed E-state index contributed by atoms with van der Waals surface area (Å²) in [4.78, 5) is 94.6. The van der Waals surface area contributed by atoms with Crippen molar-refractivity contribution in [3.05, 3.63) is 81.7 Å². The third-order valence-electron chi connectivity index (χ3n) is 9.14. The molecule has 5 heterocycles. The maximum atomic E-state index is 14.2. The van der Waals surface area contributed by atoms with Crippen LogP contribution in [0.5, 0.6) is 5.75 Å². The zero-order valence-corrected chi connectivity index (χ0v) is 37.1. The molecule has 24 heteroatoms. The van der Waals surface area contributed by atoms with Crippen LogP contribution in [0.3, 0.4) is 0 Å². The predicted octanol–water partition coefficient (Wildman–Crippen LogP) is 2.91. The molecule has 2 unspecified atom stereocenters. The summed E-state index contributed by atoms with van der Waals surface area (Å²) < 4.78 is 24.0. The van der Waals surface area contributed by atoms with Crippen molar-refractivity contribution in [2.45, 2.75) is 70.5 Å². The molecule has 0 spiro atoms. The highest BCUT2D eigenvalue weighted by molar-refractivity contribution is 8.00. The van der Waals surface area contributed by atoms with Crippen molar-refractivity contribution in [2.24, 2.45) is 5.16 Å². The zero-order chi connectivity index (χ0) is 45.6. The third kappa shape index (κ3) is 10.9. The van der Waals surface area contributed by atoms with Crippen LogP contribution in [0.15, 0.2) is 71.3 Å². The van der Waals surface area contributed by atoms with E-state index >= 15 is 0 Å². The highest BCUT2D eigenvalue weighted by Gasteiger charge is 2.55. The number of rotatable bonds is 16. The van der Waals surface area contributed by atoms with E-state index in [1.165, 1.54) is 37.8 Å². The summed E-state index contributed by atoms with van der Waals surface area (Å²) in [5, 5.41) is 8.06. The van der Waals surface area contributed by atoms with Crippen LogP contribution in [0.1, 0.15) is 39.0 Å². The van der Waals surface area contributed by atoms with E-state index in [2.05, 4.69) is 30.9 Å². The molecular formula is C39H41BClN8O12S2+. The van der Waals surface area contributed by atoms with Gasteiger partial charge in [-0.3, -0.25) is 29.4 Å². The first-order valence-corrected chi connectivity index (χ1v) is 21.1. The van der Waals surface area contributed by atoms with Gasteiger partial charge in [-0.05, 0) is 51.5 Å². The quantitative estimate of drug-likeness (QED) is 0.0367. The second-order valence-corrected chi connectivity index (χ2v) is 17.4. The van der Waals surface area contributed by atoms with Gasteiger partial charge in [0, 0.05) is 29.7 Å². The summed E-state index contributed by atoms with van der Waals surface area (Å²) in [7, 11) is 7.86. The molecule has 1 aromatic carbocycles. The molecule has 3 atom stereocenters. The van der Waals surface area contributed by atoms with Gasteiger partial charge >= 0.3 is 26.1 Å². The van der Waals surface area contributed by atoms with Gasteiger partial charge in [-0.1, -0.05) is 40.2 Å². The Kier molecular flexibility index (Phi) is 14.6. The van der Waals surface area contributed by atoms with Crippen LogP contribution in [-0.4, -0.2) is 107 Å². The molecular weight excluding hydrogens is 883 g/mol. The van der Waals surface area contributed by atoms with Crippen molar-refractivity contribution >= 4 is 100 Å². The van der Waals surface area contributed by atoms with Gasteiger partial charge in [0.2, 0.25) is 11.6 Å². The highest BCUT2D eigenvalue weighted by Crippen LogP contribution is 2.41. The number of thioether (sulfide) groups is 1. The number of β-lactam (4-membered cyclic amide) rings is 1. The van der Waals surface area contributed by atoms with Crippen LogP contribution < -0.4 is 25.4 Å². The number of amides is 4. The number of carbonyl (C=O) groups excluding carboxylic acids is 6. The maximum Gasteiger partial charge on any atom is 0.413 e. The van der Waals surface area contributed by atoms with E-state index in [1.807, 2.05) is 22.9 Å². The molecule has 6 rings (SSSR count). The van der Waals surface area contributed by atoms with Gasteiger partial charge in [0.15, 0.2) is 23.6 Å². The SMILES string of the molecule is [B]OC(=O)[C@H](C)ON=C(C(=O)NC1C(=O)N2C(C(=O)OCc3ccc(OC)cc3)=C(C[n+]3cccc4c3ccn4CC(=O)NOC)CSC12)c1nc(NC(=O)OC(C)(C)C)sc1Cl. The number of carbonyl (C=O) groups is 6. The average molecular weight is 924 g/mol. The van der Waals surface area contributed by atoms with E-state index in [-0.39, 0.29) is 52.2 Å². The number of nitrogens with zero attached hydrogens (tertiary/aromatic N) is 5. The van der Waals surface area contributed by atoms with E-state index < -0.39 is 58.7 Å². The second-order valence-electron chi connectivity index (χ2n) is 14.7. The van der Waals surface area contributed by atoms with Crippen LogP contribution in [0.4, 0.5) is 9.93 Å². The fourth-order valence-corrected chi connectivity index (χ4v) is 8.66. The molecule has 1 fully saturated rings. The zero-order valence-electron chi connectivity index (χ0n) is 34.7. The monoisotopic (exact) mass is 923 g/mol. The van der Waals surface area contributed by atoms with Crippen LogP contribution in [0.2, 0.25) is 4.34 Å².